The van der Waals surface area contributed by atoms with Crippen LogP contribution in [0.25, 0.3) is 0 Å². The highest BCUT2D eigenvalue weighted by Crippen LogP contribution is 2.35. The van der Waals surface area contributed by atoms with Gasteiger partial charge in [0.25, 0.3) is 5.91 Å². The fourth-order valence-electron chi connectivity index (χ4n) is 2.40. The summed E-state index contributed by atoms with van der Waals surface area (Å²) in [6, 6.07) is 10.7. The van der Waals surface area contributed by atoms with Gasteiger partial charge < -0.3 is 18.9 Å². The molecule has 2 aromatic rings. The zero-order valence-corrected chi connectivity index (χ0v) is 15.8. The standard InChI is InChI=1S/C18H17BrN2O5/c1-23-15-8-11(7-12(19)17(15)24-2)9-20-21-18(22)16-10-25-13-5-3-4-6-14(13)26-16/h3-9,16H,10H2,1-2H3,(H,21,22)/t16-/m1/s1. The van der Waals surface area contributed by atoms with Gasteiger partial charge in [-0.1, -0.05) is 12.1 Å². The highest BCUT2D eigenvalue weighted by Gasteiger charge is 2.27. The van der Waals surface area contributed by atoms with Crippen LogP contribution in [0.1, 0.15) is 5.56 Å². The lowest BCUT2D eigenvalue weighted by Crippen LogP contribution is -2.42. The van der Waals surface area contributed by atoms with Crippen LogP contribution in [0.3, 0.4) is 0 Å². The first-order valence-electron chi connectivity index (χ1n) is 7.75. The van der Waals surface area contributed by atoms with E-state index in [1.165, 1.54) is 6.21 Å². The maximum absolute atomic E-state index is 12.2. The van der Waals surface area contributed by atoms with Crippen LogP contribution in [-0.2, 0) is 4.79 Å². The summed E-state index contributed by atoms with van der Waals surface area (Å²) in [5, 5.41) is 3.97. The first kappa shape index (κ1) is 18.1. The number of halogens is 1. The van der Waals surface area contributed by atoms with Gasteiger partial charge in [0, 0.05) is 0 Å². The van der Waals surface area contributed by atoms with E-state index in [0.29, 0.717) is 27.5 Å². The molecule has 0 radical (unpaired) electrons. The number of rotatable bonds is 5. The van der Waals surface area contributed by atoms with Gasteiger partial charge in [-0.25, -0.2) is 5.43 Å². The molecule has 1 aliphatic heterocycles. The Morgan fingerprint density at radius 2 is 2.04 bits per heavy atom. The molecule has 1 aliphatic rings. The summed E-state index contributed by atoms with van der Waals surface area (Å²) in [4.78, 5) is 12.2. The Morgan fingerprint density at radius 1 is 1.27 bits per heavy atom. The number of methoxy groups -OCH3 is 2. The molecule has 0 aromatic heterocycles. The van der Waals surface area contributed by atoms with E-state index in [-0.39, 0.29) is 6.61 Å². The fourth-order valence-corrected chi connectivity index (χ4v) is 3.03. The molecular weight excluding hydrogens is 404 g/mol. The van der Waals surface area contributed by atoms with Crippen molar-refractivity contribution in [2.75, 3.05) is 20.8 Å². The molecule has 0 aliphatic carbocycles. The highest BCUT2D eigenvalue weighted by molar-refractivity contribution is 9.10. The van der Waals surface area contributed by atoms with E-state index in [9.17, 15) is 4.79 Å². The van der Waals surface area contributed by atoms with Gasteiger partial charge in [0.1, 0.15) is 6.61 Å². The third-order valence-electron chi connectivity index (χ3n) is 3.65. The van der Waals surface area contributed by atoms with E-state index >= 15 is 0 Å². The van der Waals surface area contributed by atoms with Crippen molar-refractivity contribution in [3.63, 3.8) is 0 Å². The number of para-hydroxylation sites is 2. The number of hydrazone groups is 1. The predicted molar refractivity (Wildman–Crippen MR) is 99.3 cm³/mol. The van der Waals surface area contributed by atoms with Gasteiger partial charge in [-0.2, -0.15) is 5.10 Å². The maximum atomic E-state index is 12.2. The molecule has 1 heterocycles. The third kappa shape index (κ3) is 3.91. The third-order valence-corrected chi connectivity index (χ3v) is 4.23. The van der Waals surface area contributed by atoms with Crippen molar-refractivity contribution >= 4 is 28.1 Å². The monoisotopic (exact) mass is 420 g/mol. The summed E-state index contributed by atoms with van der Waals surface area (Å²) in [6.07, 6.45) is 0.738. The molecule has 0 bridgehead atoms. The number of benzene rings is 2. The average Bonchev–Trinajstić information content (AvgIpc) is 2.67. The van der Waals surface area contributed by atoms with Crippen molar-refractivity contribution in [1.29, 1.82) is 0 Å². The number of hydrogen-bond donors (Lipinski definition) is 1. The van der Waals surface area contributed by atoms with Crippen molar-refractivity contribution in [2.45, 2.75) is 6.10 Å². The Morgan fingerprint density at radius 3 is 2.77 bits per heavy atom. The number of fused-ring (bicyclic) bond motifs is 1. The second kappa shape index (κ2) is 8.09. The van der Waals surface area contributed by atoms with Gasteiger partial charge in [0.05, 0.1) is 24.9 Å². The van der Waals surface area contributed by atoms with Crippen LogP contribution in [0.15, 0.2) is 46.0 Å². The van der Waals surface area contributed by atoms with Crippen molar-refractivity contribution < 1.29 is 23.7 Å². The molecule has 0 saturated heterocycles. The molecule has 7 nitrogen and oxygen atoms in total. The molecular formula is C18H17BrN2O5. The SMILES string of the molecule is COc1cc(C=NNC(=O)[C@H]2COc3ccccc3O2)cc(Br)c1OC. The molecule has 0 spiro atoms. The van der Waals surface area contributed by atoms with Crippen molar-refractivity contribution in [3.8, 4) is 23.0 Å². The maximum Gasteiger partial charge on any atom is 0.284 e. The smallest absolute Gasteiger partial charge is 0.284 e. The van der Waals surface area contributed by atoms with E-state index in [1.807, 2.05) is 12.1 Å². The normalized spacial score (nSPS) is 15.6. The Hall–Kier alpha value is -2.74. The summed E-state index contributed by atoms with van der Waals surface area (Å²) in [5.74, 6) is 1.90. The zero-order valence-electron chi connectivity index (χ0n) is 14.2. The Labute approximate surface area is 159 Å². The predicted octanol–water partition coefficient (Wildman–Crippen LogP) is 2.76. The lowest BCUT2D eigenvalue weighted by atomic mass is 10.2. The first-order chi connectivity index (χ1) is 12.6. The number of carbonyl (C=O) groups is 1. The lowest BCUT2D eigenvalue weighted by Gasteiger charge is -2.24. The Balaban J connectivity index is 1.64. The van der Waals surface area contributed by atoms with E-state index < -0.39 is 12.0 Å². The largest absolute Gasteiger partial charge is 0.493 e. The van der Waals surface area contributed by atoms with Crippen molar-refractivity contribution in [2.24, 2.45) is 5.10 Å². The minimum atomic E-state index is -0.765. The van der Waals surface area contributed by atoms with Gasteiger partial charge in [-0.05, 0) is 45.8 Å². The summed E-state index contributed by atoms with van der Waals surface area (Å²) in [6.45, 7) is 0.125. The second-order valence-electron chi connectivity index (χ2n) is 5.34. The number of ether oxygens (including phenoxy) is 4. The number of hydrogen-bond acceptors (Lipinski definition) is 6. The number of nitrogens with one attached hydrogen (secondary N) is 1. The van der Waals surface area contributed by atoms with Crippen LogP contribution in [-0.4, -0.2) is 39.1 Å². The van der Waals surface area contributed by atoms with Crippen LogP contribution in [0.4, 0.5) is 0 Å². The number of amides is 1. The van der Waals surface area contributed by atoms with Crippen LogP contribution in [0.5, 0.6) is 23.0 Å². The molecule has 26 heavy (non-hydrogen) atoms. The minimum absolute atomic E-state index is 0.125. The molecule has 136 valence electrons. The summed E-state index contributed by atoms with van der Waals surface area (Å²) in [7, 11) is 3.10. The molecule has 1 atom stereocenters. The van der Waals surface area contributed by atoms with Gasteiger partial charge in [-0.15, -0.1) is 0 Å². The van der Waals surface area contributed by atoms with Crippen LogP contribution >= 0.6 is 15.9 Å². The lowest BCUT2D eigenvalue weighted by molar-refractivity contribution is -0.130. The highest BCUT2D eigenvalue weighted by atomic mass is 79.9. The van der Waals surface area contributed by atoms with E-state index in [4.69, 9.17) is 18.9 Å². The second-order valence-corrected chi connectivity index (χ2v) is 6.19. The van der Waals surface area contributed by atoms with E-state index in [1.54, 1.807) is 38.5 Å². The van der Waals surface area contributed by atoms with Crippen LogP contribution in [0.2, 0.25) is 0 Å². The quantitative estimate of drug-likeness (QED) is 0.594. The van der Waals surface area contributed by atoms with Gasteiger partial charge in [0.15, 0.2) is 23.0 Å². The fraction of sp³-hybridized carbons (Fsp3) is 0.222. The molecule has 2 aromatic carbocycles. The van der Waals surface area contributed by atoms with E-state index in [0.717, 1.165) is 5.56 Å². The molecule has 3 rings (SSSR count). The Bertz CT molecular complexity index is 840. The molecule has 0 fully saturated rings. The summed E-state index contributed by atoms with van der Waals surface area (Å²) < 4.78 is 22.4. The van der Waals surface area contributed by atoms with Crippen LogP contribution in [0, 0.1) is 0 Å². The van der Waals surface area contributed by atoms with Gasteiger partial charge in [0.2, 0.25) is 6.10 Å². The van der Waals surface area contributed by atoms with E-state index in [2.05, 4.69) is 26.5 Å². The minimum Gasteiger partial charge on any atom is -0.493 e. The zero-order chi connectivity index (χ0) is 18.5. The topological polar surface area (TPSA) is 78.4 Å². The molecule has 1 amide bonds. The van der Waals surface area contributed by atoms with Gasteiger partial charge in [-0.3, -0.25) is 4.79 Å². The van der Waals surface area contributed by atoms with Gasteiger partial charge >= 0.3 is 0 Å². The molecule has 1 N–H and O–H groups in total. The summed E-state index contributed by atoms with van der Waals surface area (Å²) in [5.41, 5.74) is 3.18. The average molecular weight is 421 g/mol. The molecule has 0 unspecified atom stereocenters. The Kier molecular flexibility index (Phi) is 5.62. The first-order valence-corrected chi connectivity index (χ1v) is 8.54. The summed E-state index contributed by atoms with van der Waals surface area (Å²) >= 11 is 3.41. The van der Waals surface area contributed by atoms with Crippen molar-refractivity contribution in [1.82, 2.24) is 5.43 Å². The molecule has 0 saturated carbocycles. The van der Waals surface area contributed by atoms with Crippen LogP contribution < -0.4 is 24.4 Å². The molecule has 8 heteroatoms. The number of nitrogens with zero attached hydrogens (tertiary/aromatic N) is 1. The number of carbonyl (C=O) groups excluding carboxylic acids is 1. The van der Waals surface area contributed by atoms with Crippen molar-refractivity contribution in [3.05, 3.63) is 46.4 Å².